The van der Waals surface area contributed by atoms with Gasteiger partial charge in [-0.1, -0.05) is 93.1 Å². The number of amides is 1. The van der Waals surface area contributed by atoms with Gasteiger partial charge in [0.25, 0.3) is 0 Å². The quantitative estimate of drug-likeness (QED) is 0.318. The van der Waals surface area contributed by atoms with Gasteiger partial charge < -0.3 is 9.80 Å². The molecule has 5 heteroatoms. The van der Waals surface area contributed by atoms with Gasteiger partial charge in [0.1, 0.15) is 0 Å². The van der Waals surface area contributed by atoms with E-state index in [1.54, 1.807) is 0 Å². The third-order valence-corrected chi connectivity index (χ3v) is 7.07. The van der Waals surface area contributed by atoms with Crippen molar-refractivity contribution in [3.05, 3.63) is 90.5 Å². The maximum absolute atomic E-state index is 13.4. The summed E-state index contributed by atoms with van der Waals surface area (Å²) >= 11 is 0. The Morgan fingerprint density at radius 2 is 1.46 bits per heavy atom. The fourth-order valence-corrected chi connectivity index (χ4v) is 4.59. The van der Waals surface area contributed by atoms with Crippen LogP contribution in [-0.2, 0) is 16.2 Å². The predicted molar refractivity (Wildman–Crippen MR) is 143 cm³/mol. The monoisotopic (exact) mass is 471 g/mol. The molecule has 1 unspecified atom stereocenters. The van der Waals surface area contributed by atoms with Crippen molar-refractivity contribution in [3.63, 3.8) is 0 Å². The summed E-state index contributed by atoms with van der Waals surface area (Å²) in [6.45, 7) is 8.52. The Morgan fingerprint density at radius 3 is 2.09 bits per heavy atom. The zero-order valence-corrected chi connectivity index (χ0v) is 20.9. The molecular weight excluding hydrogens is 434 g/mol. The van der Waals surface area contributed by atoms with Gasteiger partial charge in [0.05, 0.1) is 12.5 Å². The summed E-state index contributed by atoms with van der Waals surface area (Å²) in [5, 5.41) is 0. The Labute approximate surface area is 209 Å². The molecule has 1 aliphatic rings. The first-order valence-electron chi connectivity index (χ1n) is 12.7. The Hall–Kier alpha value is -3.15. The van der Waals surface area contributed by atoms with Crippen LogP contribution < -0.4 is 10.4 Å². The number of nitrogens with zero attached hydrogens (tertiary/aromatic N) is 2. The zero-order chi connectivity index (χ0) is 24.5. The highest BCUT2D eigenvalue weighted by Crippen LogP contribution is 2.25. The smallest absolute Gasteiger partial charge is 0.227 e. The summed E-state index contributed by atoms with van der Waals surface area (Å²) in [6.07, 6.45) is 0.963. The van der Waals surface area contributed by atoms with Gasteiger partial charge in [-0.05, 0) is 34.7 Å². The molecule has 2 atom stereocenters. The molecule has 1 amide bonds. The van der Waals surface area contributed by atoms with Gasteiger partial charge in [-0.3, -0.25) is 9.63 Å². The van der Waals surface area contributed by atoms with E-state index in [1.807, 2.05) is 41.3 Å². The SMILES string of the molecule is CCC(C)[C@@H](CNOCc1ccccc1)C(=O)N1CCN(c2ccc(-c3ccccc3)cc2)CC1. The lowest BCUT2D eigenvalue weighted by Gasteiger charge is -2.38. The van der Waals surface area contributed by atoms with Gasteiger partial charge >= 0.3 is 0 Å². The first-order chi connectivity index (χ1) is 17.2. The summed E-state index contributed by atoms with van der Waals surface area (Å²) < 4.78 is 0. The van der Waals surface area contributed by atoms with Crippen molar-refractivity contribution in [2.75, 3.05) is 37.6 Å². The Kier molecular flexibility index (Phi) is 8.93. The summed E-state index contributed by atoms with van der Waals surface area (Å²) in [6, 6.07) is 29.3. The molecule has 1 saturated heterocycles. The molecule has 0 bridgehead atoms. The molecular formula is C30H37N3O2. The summed E-state index contributed by atoms with van der Waals surface area (Å²) in [5.74, 6) is 0.431. The van der Waals surface area contributed by atoms with Crippen LogP contribution in [0.4, 0.5) is 5.69 Å². The molecule has 1 aliphatic heterocycles. The molecule has 3 aromatic rings. The highest BCUT2D eigenvalue weighted by atomic mass is 16.6. The lowest BCUT2D eigenvalue weighted by molar-refractivity contribution is -0.138. The summed E-state index contributed by atoms with van der Waals surface area (Å²) in [7, 11) is 0. The van der Waals surface area contributed by atoms with E-state index >= 15 is 0 Å². The van der Waals surface area contributed by atoms with E-state index in [0.717, 1.165) is 38.2 Å². The van der Waals surface area contributed by atoms with E-state index in [2.05, 4.69) is 72.8 Å². The second kappa shape index (κ2) is 12.5. The van der Waals surface area contributed by atoms with Crippen LogP contribution in [0.2, 0.25) is 0 Å². The van der Waals surface area contributed by atoms with Crippen LogP contribution in [0.5, 0.6) is 0 Å². The largest absolute Gasteiger partial charge is 0.368 e. The number of nitrogens with one attached hydrogen (secondary N) is 1. The molecule has 4 rings (SSSR count). The molecule has 0 spiro atoms. The Morgan fingerprint density at radius 1 is 0.857 bits per heavy atom. The Balaban J connectivity index is 1.28. The molecule has 184 valence electrons. The Bertz CT molecular complexity index is 1030. The third kappa shape index (κ3) is 6.71. The van der Waals surface area contributed by atoms with Crippen LogP contribution in [0.15, 0.2) is 84.9 Å². The van der Waals surface area contributed by atoms with Gasteiger partial charge in [0.2, 0.25) is 5.91 Å². The maximum atomic E-state index is 13.4. The van der Waals surface area contributed by atoms with Crippen LogP contribution >= 0.6 is 0 Å². The number of carbonyl (C=O) groups is 1. The highest BCUT2D eigenvalue weighted by molar-refractivity contribution is 5.79. The fourth-order valence-electron chi connectivity index (χ4n) is 4.59. The second-order valence-corrected chi connectivity index (χ2v) is 9.34. The summed E-state index contributed by atoms with van der Waals surface area (Å²) in [4.78, 5) is 23.5. The van der Waals surface area contributed by atoms with Crippen LogP contribution in [0.3, 0.4) is 0 Å². The van der Waals surface area contributed by atoms with Crippen molar-refractivity contribution in [1.29, 1.82) is 0 Å². The molecule has 1 heterocycles. The number of hydroxylamine groups is 1. The molecule has 0 aromatic heterocycles. The van der Waals surface area contributed by atoms with E-state index in [0.29, 0.717) is 19.1 Å². The minimum Gasteiger partial charge on any atom is -0.368 e. The number of benzene rings is 3. The third-order valence-electron chi connectivity index (χ3n) is 7.07. The van der Waals surface area contributed by atoms with Crippen molar-refractivity contribution >= 4 is 11.6 Å². The molecule has 5 nitrogen and oxygen atoms in total. The van der Waals surface area contributed by atoms with E-state index in [4.69, 9.17) is 4.84 Å². The van der Waals surface area contributed by atoms with Gasteiger partial charge in [-0.2, -0.15) is 0 Å². The van der Waals surface area contributed by atoms with Crippen LogP contribution in [0.25, 0.3) is 11.1 Å². The lowest BCUT2D eigenvalue weighted by Crippen LogP contribution is -2.52. The van der Waals surface area contributed by atoms with Gasteiger partial charge in [0, 0.05) is 38.4 Å². The average Bonchev–Trinajstić information content (AvgIpc) is 2.93. The van der Waals surface area contributed by atoms with Gasteiger partial charge in [0.15, 0.2) is 0 Å². The number of hydrogen-bond donors (Lipinski definition) is 1. The van der Waals surface area contributed by atoms with Crippen molar-refractivity contribution in [1.82, 2.24) is 10.4 Å². The fraction of sp³-hybridized carbons (Fsp3) is 0.367. The first kappa shape index (κ1) is 25.0. The lowest BCUT2D eigenvalue weighted by atomic mass is 9.90. The molecule has 0 radical (unpaired) electrons. The van der Waals surface area contributed by atoms with E-state index in [1.165, 1.54) is 16.8 Å². The van der Waals surface area contributed by atoms with Crippen molar-refractivity contribution in [3.8, 4) is 11.1 Å². The number of carbonyl (C=O) groups excluding carboxylic acids is 1. The van der Waals surface area contributed by atoms with Crippen molar-refractivity contribution in [2.24, 2.45) is 11.8 Å². The van der Waals surface area contributed by atoms with Crippen molar-refractivity contribution < 1.29 is 9.63 Å². The average molecular weight is 472 g/mol. The maximum Gasteiger partial charge on any atom is 0.227 e. The summed E-state index contributed by atoms with van der Waals surface area (Å²) in [5.41, 5.74) is 7.84. The first-order valence-corrected chi connectivity index (χ1v) is 12.7. The molecule has 35 heavy (non-hydrogen) atoms. The number of anilines is 1. The molecule has 3 aromatic carbocycles. The number of piperazine rings is 1. The normalized spacial score (nSPS) is 15.6. The van der Waals surface area contributed by atoms with Gasteiger partial charge in [-0.15, -0.1) is 0 Å². The molecule has 0 aliphatic carbocycles. The highest BCUT2D eigenvalue weighted by Gasteiger charge is 2.30. The van der Waals surface area contributed by atoms with Crippen molar-refractivity contribution in [2.45, 2.75) is 26.9 Å². The molecule has 0 saturated carbocycles. The van der Waals surface area contributed by atoms with E-state index in [9.17, 15) is 4.79 Å². The predicted octanol–water partition coefficient (Wildman–Crippen LogP) is 5.39. The van der Waals surface area contributed by atoms with E-state index < -0.39 is 0 Å². The van der Waals surface area contributed by atoms with Gasteiger partial charge in [-0.25, -0.2) is 5.48 Å². The zero-order valence-electron chi connectivity index (χ0n) is 20.9. The molecule has 1 fully saturated rings. The number of hydrogen-bond acceptors (Lipinski definition) is 4. The molecule has 1 N–H and O–H groups in total. The van der Waals surface area contributed by atoms with E-state index in [-0.39, 0.29) is 11.8 Å². The number of rotatable bonds is 10. The minimum atomic E-state index is -0.0903. The van der Waals surface area contributed by atoms with Crippen LogP contribution in [0.1, 0.15) is 25.8 Å². The standard InChI is InChI=1S/C30H37N3O2/c1-3-24(2)29(22-31-35-23-25-10-6-4-7-11-25)30(34)33-20-18-32(19-21-33)28-16-14-27(15-17-28)26-12-8-5-9-13-26/h4-17,24,29,31H,3,18-23H2,1-2H3/t24?,29-/m1/s1. The minimum absolute atomic E-state index is 0.0903. The van der Waals surface area contributed by atoms with Crippen LogP contribution in [0, 0.1) is 11.8 Å². The second-order valence-electron chi connectivity index (χ2n) is 9.34. The van der Waals surface area contributed by atoms with Crippen LogP contribution in [-0.4, -0.2) is 43.5 Å². The topological polar surface area (TPSA) is 44.8 Å².